The van der Waals surface area contributed by atoms with Crippen LogP contribution in [0, 0.1) is 0 Å². The number of aromatic nitrogens is 2. The number of hydrogen-bond donors (Lipinski definition) is 1. The fourth-order valence-corrected chi connectivity index (χ4v) is 3.42. The van der Waals surface area contributed by atoms with Gasteiger partial charge in [-0.15, -0.1) is 0 Å². The van der Waals surface area contributed by atoms with Gasteiger partial charge in [0, 0.05) is 28.1 Å². The maximum atomic E-state index is 6.07. The molecule has 0 fully saturated rings. The van der Waals surface area contributed by atoms with E-state index >= 15 is 0 Å². The molecule has 1 N–H and O–H groups in total. The Balaban J connectivity index is 2.69. The molecule has 0 bridgehead atoms. The number of nitrogens with zero attached hydrogens (tertiary/aromatic N) is 2. The second-order valence-corrected chi connectivity index (χ2v) is 7.38. The van der Waals surface area contributed by atoms with Crippen molar-refractivity contribution in [2.75, 3.05) is 12.4 Å². The van der Waals surface area contributed by atoms with Crippen LogP contribution in [-0.4, -0.2) is 17.0 Å². The van der Waals surface area contributed by atoms with Crippen LogP contribution in [0.25, 0.3) is 11.4 Å². The number of halogens is 3. The van der Waals surface area contributed by atoms with Crippen LogP contribution in [-0.2, 0) is 5.41 Å². The molecule has 112 valence electrons. The zero-order chi connectivity index (χ0) is 15.8. The molecule has 1 aromatic carbocycles. The van der Waals surface area contributed by atoms with Gasteiger partial charge in [0.15, 0.2) is 5.82 Å². The van der Waals surface area contributed by atoms with E-state index in [1.807, 2.05) is 19.2 Å². The molecule has 2 aromatic rings. The molecule has 0 saturated carbocycles. The lowest BCUT2D eigenvalue weighted by Crippen LogP contribution is -2.17. The normalized spacial score (nSPS) is 11.6. The van der Waals surface area contributed by atoms with Gasteiger partial charge in [-0.25, -0.2) is 9.97 Å². The van der Waals surface area contributed by atoms with Crippen LogP contribution in [0.2, 0.25) is 10.0 Å². The van der Waals surface area contributed by atoms with E-state index in [0.29, 0.717) is 15.9 Å². The highest BCUT2D eigenvalue weighted by Gasteiger charge is 2.23. The SMILES string of the molecule is CNc1nc(-c2cc(Cl)cc(Cl)c2)nc(C(C)(C)C)c1Br. The molecule has 21 heavy (non-hydrogen) atoms. The van der Waals surface area contributed by atoms with Crippen LogP contribution < -0.4 is 5.32 Å². The first-order valence-corrected chi connectivity index (χ1v) is 7.99. The number of benzene rings is 1. The number of hydrogen-bond acceptors (Lipinski definition) is 3. The highest BCUT2D eigenvalue weighted by molar-refractivity contribution is 9.10. The largest absolute Gasteiger partial charge is 0.372 e. The first-order chi connectivity index (χ1) is 9.72. The van der Waals surface area contributed by atoms with Gasteiger partial charge in [0.25, 0.3) is 0 Å². The predicted molar refractivity (Wildman–Crippen MR) is 93.4 cm³/mol. The Labute approximate surface area is 143 Å². The van der Waals surface area contributed by atoms with Crippen LogP contribution in [0.15, 0.2) is 22.7 Å². The molecule has 6 heteroatoms. The van der Waals surface area contributed by atoms with Crippen LogP contribution >= 0.6 is 39.1 Å². The quantitative estimate of drug-likeness (QED) is 0.732. The van der Waals surface area contributed by atoms with Gasteiger partial charge in [-0.3, -0.25) is 0 Å². The number of anilines is 1. The van der Waals surface area contributed by atoms with Crippen molar-refractivity contribution in [3.63, 3.8) is 0 Å². The van der Waals surface area contributed by atoms with E-state index in [-0.39, 0.29) is 5.41 Å². The van der Waals surface area contributed by atoms with Gasteiger partial charge in [0.2, 0.25) is 0 Å². The minimum Gasteiger partial charge on any atom is -0.372 e. The molecule has 3 nitrogen and oxygen atoms in total. The molecule has 0 atom stereocenters. The third-order valence-electron chi connectivity index (χ3n) is 2.92. The van der Waals surface area contributed by atoms with Gasteiger partial charge in [-0.05, 0) is 34.1 Å². The third kappa shape index (κ3) is 3.68. The molecule has 0 aliphatic carbocycles. The van der Waals surface area contributed by atoms with Crippen LogP contribution in [0.1, 0.15) is 26.5 Å². The van der Waals surface area contributed by atoms with Gasteiger partial charge in [-0.1, -0.05) is 44.0 Å². The van der Waals surface area contributed by atoms with Crippen molar-refractivity contribution in [2.24, 2.45) is 0 Å². The van der Waals surface area contributed by atoms with Gasteiger partial charge >= 0.3 is 0 Å². The highest BCUT2D eigenvalue weighted by atomic mass is 79.9. The molecule has 0 spiro atoms. The Morgan fingerprint density at radius 1 is 1.05 bits per heavy atom. The minimum absolute atomic E-state index is 0.121. The maximum Gasteiger partial charge on any atom is 0.161 e. The number of nitrogens with one attached hydrogen (secondary N) is 1. The smallest absolute Gasteiger partial charge is 0.161 e. The summed E-state index contributed by atoms with van der Waals surface area (Å²) in [6.45, 7) is 6.32. The Morgan fingerprint density at radius 3 is 2.10 bits per heavy atom. The first-order valence-electron chi connectivity index (χ1n) is 6.44. The average Bonchev–Trinajstić information content (AvgIpc) is 2.36. The second kappa shape index (κ2) is 6.11. The molecular formula is C15H16BrCl2N3. The van der Waals surface area contributed by atoms with Crippen molar-refractivity contribution in [2.45, 2.75) is 26.2 Å². The molecule has 2 rings (SSSR count). The Hall–Kier alpha value is -0.840. The molecule has 0 aliphatic rings. The Morgan fingerprint density at radius 2 is 1.62 bits per heavy atom. The van der Waals surface area contributed by atoms with E-state index in [2.05, 4.69) is 52.0 Å². The summed E-state index contributed by atoms with van der Waals surface area (Å²) in [5, 5.41) is 4.21. The van der Waals surface area contributed by atoms with Gasteiger partial charge in [0.1, 0.15) is 5.82 Å². The van der Waals surface area contributed by atoms with E-state index in [4.69, 9.17) is 23.2 Å². The topological polar surface area (TPSA) is 37.8 Å². The summed E-state index contributed by atoms with van der Waals surface area (Å²) in [6, 6.07) is 5.31. The van der Waals surface area contributed by atoms with Crippen molar-refractivity contribution in [1.82, 2.24) is 9.97 Å². The predicted octanol–water partition coefficient (Wildman–Crippen LogP) is 5.55. The summed E-state index contributed by atoms with van der Waals surface area (Å²) < 4.78 is 0.870. The summed E-state index contributed by atoms with van der Waals surface area (Å²) in [5.74, 6) is 1.33. The summed E-state index contributed by atoms with van der Waals surface area (Å²) in [4.78, 5) is 9.22. The summed E-state index contributed by atoms with van der Waals surface area (Å²) >= 11 is 15.7. The molecule has 1 heterocycles. The average molecular weight is 389 g/mol. The van der Waals surface area contributed by atoms with Crippen molar-refractivity contribution < 1.29 is 0 Å². The lowest BCUT2D eigenvalue weighted by molar-refractivity contribution is 0.564. The number of rotatable bonds is 2. The molecule has 0 saturated heterocycles. The molecular weight excluding hydrogens is 373 g/mol. The van der Waals surface area contributed by atoms with Gasteiger partial charge in [-0.2, -0.15) is 0 Å². The van der Waals surface area contributed by atoms with Crippen molar-refractivity contribution in [3.8, 4) is 11.4 Å². The van der Waals surface area contributed by atoms with Crippen LogP contribution in [0.4, 0.5) is 5.82 Å². The standard InChI is InChI=1S/C15H16BrCl2N3/c1-15(2,3)12-11(16)14(19-4)21-13(20-12)8-5-9(17)7-10(18)6-8/h5-7H,1-4H3,(H,19,20,21). The van der Waals surface area contributed by atoms with Gasteiger partial charge < -0.3 is 5.32 Å². The van der Waals surface area contributed by atoms with Crippen molar-refractivity contribution >= 4 is 44.9 Å². The van der Waals surface area contributed by atoms with E-state index in [1.54, 1.807) is 6.07 Å². The fraction of sp³-hybridized carbons (Fsp3) is 0.333. The Bertz CT molecular complexity index is 661. The molecule has 0 radical (unpaired) electrons. The van der Waals surface area contributed by atoms with Crippen LogP contribution in [0.3, 0.4) is 0 Å². The van der Waals surface area contributed by atoms with Crippen molar-refractivity contribution in [1.29, 1.82) is 0 Å². The first kappa shape index (κ1) is 16.5. The van der Waals surface area contributed by atoms with E-state index < -0.39 is 0 Å². The second-order valence-electron chi connectivity index (χ2n) is 5.72. The van der Waals surface area contributed by atoms with E-state index in [9.17, 15) is 0 Å². The molecule has 0 aliphatic heterocycles. The summed E-state index contributed by atoms with van der Waals surface area (Å²) in [6.07, 6.45) is 0. The third-order valence-corrected chi connectivity index (χ3v) is 4.11. The van der Waals surface area contributed by atoms with E-state index in [1.165, 1.54) is 0 Å². The highest BCUT2D eigenvalue weighted by Crippen LogP contribution is 2.35. The van der Waals surface area contributed by atoms with Gasteiger partial charge in [0.05, 0.1) is 10.2 Å². The zero-order valence-electron chi connectivity index (χ0n) is 12.3. The lowest BCUT2D eigenvalue weighted by atomic mass is 9.91. The fourth-order valence-electron chi connectivity index (χ4n) is 1.92. The lowest BCUT2D eigenvalue weighted by Gasteiger charge is -2.21. The minimum atomic E-state index is -0.121. The van der Waals surface area contributed by atoms with Crippen LogP contribution in [0.5, 0.6) is 0 Å². The molecule has 0 amide bonds. The monoisotopic (exact) mass is 387 g/mol. The Kier molecular flexibility index (Phi) is 4.81. The van der Waals surface area contributed by atoms with E-state index in [0.717, 1.165) is 21.5 Å². The molecule has 0 unspecified atom stereocenters. The zero-order valence-corrected chi connectivity index (χ0v) is 15.4. The summed E-state index contributed by atoms with van der Waals surface area (Å²) in [5.41, 5.74) is 1.60. The summed E-state index contributed by atoms with van der Waals surface area (Å²) in [7, 11) is 1.83. The molecule has 1 aromatic heterocycles. The van der Waals surface area contributed by atoms with Crippen molar-refractivity contribution in [3.05, 3.63) is 38.4 Å². The maximum absolute atomic E-state index is 6.07.